The molecule has 0 spiro atoms. The van der Waals surface area contributed by atoms with Crippen molar-refractivity contribution >= 4 is 11.9 Å². The molecule has 0 aromatic heterocycles. The summed E-state index contributed by atoms with van der Waals surface area (Å²) < 4.78 is 10.7. The molecule has 0 radical (unpaired) electrons. The molecule has 0 aliphatic carbocycles. The zero-order chi connectivity index (χ0) is 15.4. The SMILES string of the molecule is CCCCOC(CCCC(=O)[O-])(OCCCC)C(=O)[O-]. The summed E-state index contributed by atoms with van der Waals surface area (Å²) in [4.78, 5) is 21.8. The van der Waals surface area contributed by atoms with Crippen molar-refractivity contribution in [1.82, 2.24) is 0 Å². The minimum atomic E-state index is -1.85. The van der Waals surface area contributed by atoms with Crippen LogP contribution < -0.4 is 10.2 Å². The molecule has 0 aromatic rings. The van der Waals surface area contributed by atoms with Crippen LogP contribution >= 0.6 is 0 Å². The quantitative estimate of drug-likeness (QED) is 0.349. The monoisotopic (exact) mass is 288 g/mol. The van der Waals surface area contributed by atoms with Crippen LogP contribution in [0.1, 0.15) is 58.8 Å². The van der Waals surface area contributed by atoms with Crippen LogP contribution in [0, 0.1) is 0 Å². The largest absolute Gasteiger partial charge is 0.550 e. The maximum Gasteiger partial charge on any atom is 0.209 e. The van der Waals surface area contributed by atoms with E-state index < -0.39 is 17.7 Å². The van der Waals surface area contributed by atoms with E-state index in [2.05, 4.69) is 0 Å². The standard InChI is InChI=1S/C14H26O6/c1-3-5-10-19-14(13(17)18,20-11-6-4-2)9-7-8-12(15)16/h3-11H2,1-2H3,(H,15,16)(H,17,18)/p-2. The molecular weight excluding hydrogens is 264 g/mol. The third-order valence-electron chi connectivity index (χ3n) is 2.86. The van der Waals surface area contributed by atoms with Crippen molar-refractivity contribution in [2.75, 3.05) is 13.2 Å². The van der Waals surface area contributed by atoms with Crippen LogP contribution in [0.3, 0.4) is 0 Å². The predicted molar refractivity (Wildman–Crippen MR) is 68.3 cm³/mol. The molecule has 0 saturated carbocycles. The molecule has 0 heterocycles. The molecule has 20 heavy (non-hydrogen) atoms. The van der Waals surface area contributed by atoms with Crippen LogP contribution in [-0.4, -0.2) is 30.9 Å². The van der Waals surface area contributed by atoms with Crippen molar-refractivity contribution in [2.24, 2.45) is 0 Å². The van der Waals surface area contributed by atoms with Gasteiger partial charge in [0.1, 0.15) is 5.97 Å². The highest BCUT2D eigenvalue weighted by Crippen LogP contribution is 2.22. The second kappa shape index (κ2) is 10.6. The fourth-order valence-electron chi connectivity index (χ4n) is 1.63. The number of carbonyl (C=O) groups excluding carboxylic acids is 2. The van der Waals surface area contributed by atoms with Gasteiger partial charge < -0.3 is 29.3 Å². The van der Waals surface area contributed by atoms with E-state index in [1.165, 1.54) is 0 Å². The first-order valence-electron chi connectivity index (χ1n) is 7.17. The molecule has 6 nitrogen and oxygen atoms in total. The Labute approximate surface area is 120 Å². The van der Waals surface area contributed by atoms with Crippen LogP contribution in [0.4, 0.5) is 0 Å². The smallest absolute Gasteiger partial charge is 0.209 e. The van der Waals surface area contributed by atoms with E-state index in [0.717, 1.165) is 12.8 Å². The molecule has 0 unspecified atom stereocenters. The Bertz CT molecular complexity index is 279. The lowest BCUT2D eigenvalue weighted by molar-refractivity contribution is -0.360. The van der Waals surface area contributed by atoms with Crippen LogP contribution in [0.25, 0.3) is 0 Å². The van der Waals surface area contributed by atoms with Crippen molar-refractivity contribution in [3.05, 3.63) is 0 Å². The molecule has 118 valence electrons. The van der Waals surface area contributed by atoms with Gasteiger partial charge in [-0.2, -0.15) is 0 Å². The minimum absolute atomic E-state index is 0.0588. The van der Waals surface area contributed by atoms with Gasteiger partial charge in [0, 0.05) is 12.4 Å². The van der Waals surface area contributed by atoms with Gasteiger partial charge in [-0.25, -0.2) is 0 Å². The lowest BCUT2D eigenvalue weighted by atomic mass is 10.1. The molecule has 6 heteroatoms. The highest BCUT2D eigenvalue weighted by atomic mass is 16.7. The summed E-state index contributed by atoms with van der Waals surface area (Å²) in [5.41, 5.74) is 0. The van der Waals surface area contributed by atoms with Gasteiger partial charge in [0.15, 0.2) is 0 Å². The van der Waals surface area contributed by atoms with Crippen molar-refractivity contribution in [3.63, 3.8) is 0 Å². The summed E-state index contributed by atoms with van der Waals surface area (Å²) in [7, 11) is 0. The summed E-state index contributed by atoms with van der Waals surface area (Å²) >= 11 is 0. The van der Waals surface area contributed by atoms with E-state index in [-0.39, 0.29) is 32.5 Å². The molecule has 0 amide bonds. The first-order chi connectivity index (χ1) is 9.48. The molecule has 0 rings (SSSR count). The van der Waals surface area contributed by atoms with Crippen molar-refractivity contribution in [1.29, 1.82) is 0 Å². The molecular formula is C14H24O6-2. The van der Waals surface area contributed by atoms with Gasteiger partial charge in [-0.3, -0.25) is 0 Å². The van der Waals surface area contributed by atoms with E-state index in [4.69, 9.17) is 9.47 Å². The topological polar surface area (TPSA) is 98.7 Å². The number of hydrogen-bond donors (Lipinski definition) is 0. The van der Waals surface area contributed by atoms with Crippen LogP contribution in [0.2, 0.25) is 0 Å². The van der Waals surface area contributed by atoms with Gasteiger partial charge in [-0.05, 0) is 25.7 Å². The summed E-state index contributed by atoms with van der Waals surface area (Å²) in [6.45, 7) is 4.39. The lowest BCUT2D eigenvalue weighted by Gasteiger charge is -2.35. The van der Waals surface area contributed by atoms with Crippen molar-refractivity contribution < 1.29 is 29.3 Å². The minimum Gasteiger partial charge on any atom is -0.550 e. The van der Waals surface area contributed by atoms with Crippen molar-refractivity contribution in [2.45, 2.75) is 64.6 Å². The number of carbonyl (C=O) groups is 2. The van der Waals surface area contributed by atoms with E-state index in [0.29, 0.717) is 12.8 Å². The Morgan fingerprint density at radius 2 is 1.45 bits per heavy atom. The van der Waals surface area contributed by atoms with Gasteiger partial charge in [-0.1, -0.05) is 26.7 Å². The third kappa shape index (κ3) is 7.45. The van der Waals surface area contributed by atoms with Gasteiger partial charge in [-0.15, -0.1) is 0 Å². The normalized spacial score (nSPS) is 11.5. The first kappa shape index (κ1) is 18.9. The van der Waals surface area contributed by atoms with E-state index in [1.54, 1.807) is 0 Å². The van der Waals surface area contributed by atoms with Crippen LogP contribution in [-0.2, 0) is 19.1 Å². The van der Waals surface area contributed by atoms with Crippen LogP contribution in [0.5, 0.6) is 0 Å². The zero-order valence-corrected chi connectivity index (χ0v) is 12.3. The molecule has 0 aliphatic rings. The second-order valence-corrected chi connectivity index (χ2v) is 4.67. The summed E-state index contributed by atoms with van der Waals surface area (Å²) in [5.74, 6) is -4.53. The summed E-state index contributed by atoms with van der Waals surface area (Å²) in [6, 6.07) is 0. The molecule has 0 N–H and O–H groups in total. The maximum atomic E-state index is 11.4. The highest BCUT2D eigenvalue weighted by Gasteiger charge is 2.33. The Morgan fingerprint density at radius 1 is 0.950 bits per heavy atom. The van der Waals surface area contributed by atoms with Gasteiger partial charge in [0.2, 0.25) is 5.79 Å². The highest BCUT2D eigenvalue weighted by molar-refractivity contribution is 5.73. The number of hydrogen-bond acceptors (Lipinski definition) is 6. The summed E-state index contributed by atoms with van der Waals surface area (Å²) in [5, 5.41) is 21.8. The van der Waals surface area contributed by atoms with E-state index in [1.807, 2.05) is 13.8 Å². The third-order valence-corrected chi connectivity index (χ3v) is 2.86. The predicted octanol–water partition coefficient (Wildman–Crippen LogP) is -0.0138. The number of rotatable bonds is 13. The average Bonchev–Trinajstić information content (AvgIpc) is 2.38. The molecule has 0 saturated heterocycles. The molecule has 0 aliphatic heterocycles. The van der Waals surface area contributed by atoms with Crippen LogP contribution in [0.15, 0.2) is 0 Å². The fourth-order valence-corrected chi connectivity index (χ4v) is 1.63. The number of ether oxygens (including phenoxy) is 2. The number of carboxylic acids is 2. The molecule has 0 aromatic carbocycles. The zero-order valence-electron chi connectivity index (χ0n) is 12.3. The molecule has 0 bridgehead atoms. The van der Waals surface area contributed by atoms with Crippen molar-refractivity contribution in [3.8, 4) is 0 Å². The maximum absolute atomic E-state index is 11.4. The number of unbranched alkanes of at least 4 members (excludes halogenated alkanes) is 2. The fraction of sp³-hybridized carbons (Fsp3) is 0.857. The molecule has 0 atom stereocenters. The Kier molecular flexibility index (Phi) is 10.0. The second-order valence-electron chi connectivity index (χ2n) is 4.67. The lowest BCUT2D eigenvalue weighted by Crippen LogP contribution is -2.53. The van der Waals surface area contributed by atoms with E-state index in [9.17, 15) is 19.8 Å². The number of aliphatic carboxylic acids is 2. The molecule has 0 fully saturated rings. The van der Waals surface area contributed by atoms with Gasteiger partial charge in [0.05, 0.1) is 13.2 Å². The van der Waals surface area contributed by atoms with Gasteiger partial charge >= 0.3 is 0 Å². The van der Waals surface area contributed by atoms with E-state index >= 15 is 0 Å². The summed E-state index contributed by atoms with van der Waals surface area (Å²) in [6.07, 6.45) is 2.93. The number of carboxylic acid groups (broad SMARTS) is 2. The Morgan fingerprint density at radius 3 is 1.80 bits per heavy atom. The Balaban J connectivity index is 4.63. The average molecular weight is 288 g/mol. The Hall–Kier alpha value is -1.14. The first-order valence-corrected chi connectivity index (χ1v) is 7.17. The van der Waals surface area contributed by atoms with Gasteiger partial charge in [0.25, 0.3) is 0 Å².